The Morgan fingerprint density at radius 2 is 1.54 bits per heavy atom. The third kappa shape index (κ3) is 3.88. The zero-order chi connectivity index (χ0) is 10.5. The van der Waals surface area contributed by atoms with E-state index in [9.17, 15) is 8.42 Å². The molecule has 0 radical (unpaired) electrons. The molecule has 0 amide bonds. The van der Waals surface area contributed by atoms with Crippen molar-refractivity contribution >= 4 is 15.8 Å². The van der Waals surface area contributed by atoms with E-state index < -0.39 is 10.1 Å². The Balaban J connectivity index is 0.000000671. The van der Waals surface area contributed by atoms with Crippen LogP contribution in [0.2, 0.25) is 0 Å². The van der Waals surface area contributed by atoms with Gasteiger partial charge in [-0.2, -0.15) is 8.42 Å². The highest BCUT2D eigenvalue weighted by Gasteiger charge is 2.06. The van der Waals surface area contributed by atoms with Gasteiger partial charge < -0.3 is 10.8 Å². The summed E-state index contributed by atoms with van der Waals surface area (Å²) in [6.45, 7) is 0. The van der Waals surface area contributed by atoms with Crippen LogP contribution in [-0.2, 0) is 10.1 Å². The van der Waals surface area contributed by atoms with E-state index in [4.69, 9.17) is 15.4 Å². The summed E-state index contributed by atoms with van der Waals surface area (Å²) < 4.78 is 29.4. The van der Waals surface area contributed by atoms with Crippen LogP contribution in [0.4, 0.5) is 5.69 Å². The Morgan fingerprint density at radius 1 is 1.15 bits per heavy atom. The predicted octanol–water partition coefficient (Wildman–Crippen LogP) is 0.124. The summed E-state index contributed by atoms with van der Waals surface area (Å²) in [5, 5.41) is 7.00. The second-order valence-corrected chi connectivity index (χ2v) is 3.47. The van der Waals surface area contributed by atoms with Crippen molar-refractivity contribution in [3.05, 3.63) is 24.3 Å². The van der Waals surface area contributed by atoms with Crippen LogP contribution in [0.15, 0.2) is 29.2 Å². The first-order valence-electron chi connectivity index (χ1n) is 3.28. The van der Waals surface area contributed by atoms with E-state index in [1.807, 2.05) is 0 Å². The van der Waals surface area contributed by atoms with Gasteiger partial charge >= 0.3 is 0 Å². The van der Waals surface area contributed by atoms with Crippen molar-refractivity contribution in [1.82, 2.24) is 0 Å². The normalized spacial score (nSPS) is 10.1. The van der Waals surface area contributed by atoms with Crippen LogP contribution in [0.3, 0.4) is 0 Å². The van der Waals surface area contributed by atoms with E-state index in [0.717, 1.165) is 7.11 Å². The summed E-state index contributed by atoms with van der Waals surface area (Å²) >= 11 is 0. The minimum atomic E-state index is -4.08. The molecule has 0 aliphatic carbocycles. The average Bonchev–Trinajstić information content (AvgIpc) is 2.07. The molecule has 74 valence electrons. The zero-order valence-corrected chi connectivity index (χ0v) is 7.82. The molecule has 0 unspecified atom stereocenters. The molecule has 0 aliphatic heterocycles. The maximum atomic E-state index is 10.5. The first-order chi connectivity index (χ1) is 6.00. The van der Waals surface area contributed by atoms with Gasteiger partial charge in [-0.3, -0.25) is 4.55 Å². The summed E-state index contributed by atoms with van der Waals surface area (Å²) in [5.41, 5.74) is 5.75. The summed E-state index contributed by atoms with van der Waals surface area (Å²) in [6, 6.07) is 5.29. The van der Waals surface area contributed by atoms with Crippen LogP contribution in [0.1, 0.15) is 0 Å². The minimum Gasteiger partial charge on any atom is -0.400 e. The molecule has 0 saturated heterocycles. The molecule has 1 aromatic rings. The van der Waals surface area contributed by atoms with Crippen LogP contribution in [-0.4, -0.2) is 25.2 Å². The van der Waals surface area contributed by atoms with Crippen molar-refractivity contribution in [2.45, 2.75) is 4.90 Å². The molecule has 1 aromatic carbocycles. The van der Waals surface area contributed by atoms with E-state index >= 15 is 0 Å². The lowest BCUT2D eigenvalue weighted by atomic mass is 10.3. The minimum absolute atomic E-state index is 0.147. The Morgan fingerprint density at radius 3 is 1.85 bits per heavy atom. The number of nitrogens with two attached hydrogens (primary N) is 1. The number of hydrogen-bond acceptors (Lipinski definition) is 4. The lowest BCUT2D eigenvalue weighted by molar-refractivity contribution is 0.399. The lowest BCUT2D eigenvalue weighted by Crippen LogP contribution is -1.97. The average molecular weight is 205 g/mol. The number of benzene rings is 1. The van der Waals surface area contributed by atoms with E-state index in [2.05, 4.69) is 0 Å². The predicted molar refractivity (Wildman–Crippen MR) is 48.8 cm³/mol. The van der Waals surface area contributed by atoms with Crippen LogP contribution in [0, 0.1) is 0 Å². The van der Waals surface area contributed by atoms with E-state index in [-0.39, 0.29) is 4.90 Å². The molecule has 0 aromatic heterocycles. The monoisotopic (exact) mass is 205 g/mol. The third-order valence-electron chi connectivity index (χ3n) is 1.18. The molecular formula is C7H11NO4S. The Hall–Kier alpha value is -1.11. The number of hydrogen-bond donors (Lipinski definition) is 3. The molecule has 5 nitrogen and oxygen atoms in total. The van der Waals surface area contributed by atoms with Crippen LogP contribution in [0.5, 0.6) is 0 Å². The van der Waals surface area contributed by atoms with Gasteiger partial charge in [0, 0.05) is 12.8 Å². The largest absolute Gasteiger partial charge is 0.400 e. The van der Waals surface area contributed by atoms with Crippen molar-refractivity contribution in [3.63, 3.8) is 0 Å². The van der Waals surface area contributed by atoms with Gasteiger partial charge in [0.1, 0.15) is 0 Å². The fourth-order valence-electron chi connectivity index (χ4n) is 0.640. The quantitative estimate of drug-likeness (QED) is 0.446. The van der Waals surface area contributed by atoms with Gasteiger partial charge in [0.05, 0.1) is 4.90 Å². The SMILES string of the molecule is CO.Nc1ccc(S(=O)(=O)O)cc1. The number of aliphatic hydroxyl groups is 1. The number of aliphatic hydroxyl groups excluding tert-OH is 1. The standard InChI is InChI=1S/C6H7NO3S.CH4O/c7-5-1-3-6(4-2-5)11(8,9)10;1-2/h1-4H,7H2,(H,8,9,10);2H,1H3. The van der Waals surface area contributed by atoms with Crippen LogP contribution < -0.4 is 5.73 Å². The first-order valence-corrected chi connectivity index (χ1v) is 4.72. The van der Waals surface area contributed by atoms with Crippen molar-refractivity contribution in [1.29, 1.82) is 0 Å². The van der Waals surface area contributed by atoms with Crippen molar-refractivity contribution in [2.24, 2.45) is 0 Å². The second kappa shape index (κ2) is 4.80. The highest BCUT2D eigenvalue weighted by molar-refractivity contribution is 7.85. The van der Waals surface area contributed by atoms with Crippen LogP contribution in [0.25, 0.3) is 0 Å². The fourth-order valence-corrected chi connectivity index (χ4v) is 1.12. The highest BCUT2D eigenvalue weighted by atomic mass is 32.2. The van der Waals surface area contributed by atoms with Crippen LogP contribution >= 0.6 is 0 Å². The van der Waals surface area contributed by atoms with Crippen molar-refractivity contribution < 1.29 is 18.1 Å². The lowest BCUT2D eigenvalue weighted by Gasteiger charge is -1.95. The summed E-state index contributed by atoms with van der Waals surface area (Å²) in [6.07, 6.45) is 0. The first kappa shape index (κ1) is 11.9. The Kier molecular flexibility index (Phi) is 4.39. The summed E-state index contributed by atoms with van der Waals surface area (Å²) in [7, 11) is -3.08. The number of nitrogen functional groups attached to an aromatic ring is 1. The molecule has 1 rings (SSSR count). The maximum absolute atomic E-state index is 10.5. The van der Waals surface area contributed by atoms with E-state index in [0.29, 0.717) is 5.69 Å². The van der Waals surface area contributed by atoms with E-state index in [1.165, 1.54) is 24.3 Å². The fraction of sp³-hybridized carbons (Fsp3) is 0.143. The number of rotatable bonds is 1. The van der Waals surface area contributed by atoms with Gasteiger partial charge in [0.2, 0.25) is 0 Å². The Labute approximate surface area is 76.6 Å². The molecule has 13 heavy (non-hydrogen) atoms. The maximum Gasteiger partial charge on any atom is 0.294 e. The topological polar surface area (TPSA) is 101 Å². The Bertz CT molecular complexity index is 343. The van der Waals surface area contributed by atoms with Gasteiger partial charge in [0.15, 0.2) is 0 Å². The third-order valence-corrected chi connectivity index (χ3v) is 2.05. The summed E-state index contributed by atoms with van der Waals surface area (Å²) in [4.78, 5) is -0.147. The summed E-state index contributed by atoms with van der Waals surface area (Å²) in [5.74, 6) is 0. The molecular weight excluding hydrogens is 194 g/mol. The number of anilines is 1. The second-order valence-electron chi connectivity index (χ2n) is 2.04. The van der Waals surface area contributed by atoms with Crippen molar-refractivity contribution in [2.75, 3.05) is 12.8 Å². The molecule has 4 N–H and O–H groups in total. The van der Waals surface area contributed by atoms with Gasteiger partial charge in [0.25, 0.3) is 10.1 Å². The molecule has 0 spiro atoms. The molecule has 6 heteroatoms. The molecule has 0 saturated carbocycles. The molecule has 0 atom stereocenters. The molecule has 0 fully saturated rings. The van der Waals surface area contributed by atoms with Gasteiger partial charge in [-0.25, -0.2) is 0 Å². The molecule has 0 aliphatic rings. The van der Waals surface area contributed by atoms with Gasteiger partial charge in [-0.15, -0.1) is 0 Å². The molecule has 0 heterocycles. The van der Waals surface area contributed by atoms with E-state index in [1.54, 1.807) is 0 Å². The highest BCUT2D eigenvalue weighted by Crippen LogP contribution is 2.10. The van der Waals surface area contributed by atoms with Gasteiger partial charge in [-0.05, 0) is 24.3 Å². The molecule has 0 bridgehead atoms. The zero-order valence-electron chi connectivity index (χ0n) is 7.01. The smallest absolute Gasteiger partial charge is 0.294 e. The van der Waals surface area contributed by atoms with Gasteiger partial charge in [-0.1, -0.05) is 0 Å². The van der Waals surface area contributed by atoms with Crippen molar-refractivity contribution in [3.8, 4) is 0 Å².